The van der Waals surface area contributed by atoms with E-state index in [9.17, 15) is 22.0 Å². The van der Waals surface area contributed by atoms with Gasteiger partial charge in [0, 0.05) is 0 Å². The Labute approximate surface area is 170 Å². The van der Waals surface area contributed by atoms with Crippen molar-refractivity contribution in [1.29, 1.82) is 0 Å². The summed E-state index contributed by atoms with van der Waals surface area (Å²) in [5.74, 6) is -0.854. The minimum absolute atomic E-state index is 0.0474. The first-order valence-corrected chi connectivity index (χ1v) is 11.0. The standard InChI is InChI=1S/C24H31F5/c1-2-3-16-4-6-17(7-5-16)8-9-18-10-12-19(13-11-18)20-14-21(25)23(22(26)15-20)24(27,28)29/h2-3,14-19H,4-13H2,1H3/b3-2+. The predicted octanol–water partition coefficient (Wildman–Crippen LogP) is 8.42. The van der Waals surface area contributed by atoms with Gasteiger partial charge in [-0.3, -0.25) is 0 Å². The molecule has 0 nitrogen and oxygen atoms in total. The first-order valence-electron chi connectivity index (χ1n) is 11.0. The number of rotatable bonds is 5. The molecule has 29 heavy (non-hydrogen) atoms. The van der Waals surface area contributed by atoms with Crippen LogP contribution >= 0.6 is 0 Å². The molecule has 2 fully saturated rings. The molecule has 0 aliphatic heterocycles. The number of benzene rings is 1. The number of hydrogen-bond donors (Lipinski definition) is 0. The third kappa shape index (κ3) is 5.82. The Kier molecular flexibility index (Phi) is 7.39. The van der Waals surface area contributed by atoms with E-state index in [1.807, 2.05) is 0 Å². The Morgan fingerprint density at radius 2 is 1.31 bits per heavy atom. The third-order valence-electron chi connectivity index (χ3n) is 7.01. The van der Waals surface area contributed by atoms with Gasteiger partial charge in [-0.2, -0.15) is 13.2 Å². The van der Waals surface area contributed by atoms with Crippen molar-refractivity contribution in [3.05, 3.63) is 47.0 Å². The fourth-order valence-corrected chi connectivity index (χ4v) is 5.30. The summed E-state index contributed by atoms with van der Waals surface area (Å²) in [6.07, 6.45) is 10.7. The van der Waals surface area contributed by atoms with Crippen molar-refractivity contribution in [2.75, 3.05) is 0 Å². The number of hydrogen-bond acceptors (Lipinski definition) is 0. The highest BCUT2D eigenvalue weighted by Gasteiger charge is 2.38. The highest BCUT2D eigenvalue weighted by molar-refractivity contribution is 5.30. The second-order valence-electron chi connectivity index (χ2n) is 8.96. The van der Waals surface area contributed by atoms with Crippen molar-refractivity contribution in [2.24, 2.45) is 17.8 Å². The average molecular weight is 415 g/mol. The van der Waals surface area contributed by atoms with Crippen LogP contribution in [0.3, 0.4) is 0 Å². The minimum Gasteiger partial charge on any atom is -0.206 e. The summed E-state index contributed by atoms with van der Waals surface area (Å²) in [7, 11) is 0. The summed E-state index contributed by atoms with van der Waals surface area (Å²) in [6, 6.07) is 1.78. The van der Waals surface area contributed by atoms with Gasteiger partial charge in [0.1, 0.15) is 17.2 Å². The molecule has 0 bridgehead atoms. The molecule has 0 saturated heterocycles. The maximum Gasteiger partial charge on any atom is 0.422 e. The third-order valence-corrected chi connectivity index (χ3v) is 7.01. The fraction of sp³-hybridized carbons (Fsp3) is 0.667. The highest BCUT2D eigenvalue weighted by atomic mass is 19.4. The van der Waals surface area contributed by atoms with E-state index in [4.69, 9.17) is 0 Å². The van der Waals surface area contributed by atoms with Crippen molar-refractivity contribution in [1.82, 2.24) is 0 Å². The van der Waals surface area contributed by atoms with Gasteiger partial charge in [-0.15, -0.1) is 0 Å². The van der Waals surface area contributed by atoms with E-state index in [0.29, 0.717) is 11.5 Å². The van der Waals surface area contributed by atoms with Crippen molar-refractivity contribution < 1.29 is 22.0 Å². The first-order chi connectivity index (χ1) is 13.8. The molecule has 1 aromatic carbocycles. The van der Waals surface area contributed by atoms with Crippen LogP contribution in [0.2, 0.25) is 0 Å². The second kappa shape index (κ2) is 9.61. The molecule has 2 saturated carbocycles. The maximum absolute atomic E-state index is 13.9. The fourth-order valence-electron chi connectivity index (χ4n) is 5.30. The van der Waals surface area contributed by atoms with Crippen molar-refractivity contribution in [3.63, 3.8) is 0 Å². The molecule has 5 heteroatoms. The molecule has 162 valence electrons. The zero-order chi connectivity index (χ0) is 21.0. The predicted molar refractivity (Wildman–Crippen MR) is 106 cm³/mol. The lowest BCUT2D eigenvalue weighted by Gasteiger charge is -2.31. The van der Waals surface area contributed by atoms with Crippen LogP contribution in [0, 0.1) is 29.4 Å². The quantitative estimate of drug-likeness (QED) is 0.335. The van der Waals surface area contributed by atoms with Crippen LogP contribution in [-0.2, 0) is 6.18 Å². The lowest BCUT2D eigenvalue weighted by molar-refractivity contribution is -0.142. The van der Waals surface area contributed by atoms with Crippen molar-refractivity contribution in [2.45, 2.75) is 83.2 Å². The molecule has 2 aliphatic carbocycles. The van der Waals surface area contributed by atoms with E-state index in [1.165, 1.54) is 38.5 Å². The molecule has 0 radical (unpaired) electrons. The summed E-state index contributed by atoms with van der Waals surface area (Å²) < 4.78 is 66.0. The SMILES string of the molecule is C/C=C/C1CCC(CCC2CCC(c3cc(F)c(C(F)(F)F)c(F)c3)CC2)CC1. The van der Waals surface area contributed by atoms with Crippen molar-refractivity contribution >= 4 is 0 Å². The Morgan fingerprint density at radius 3 is 1.76 bits per heavy atom. The molecule has 0 heterocycles. The van der Waals surface area contributed by atoms with Crippen LogP contribution in [0.15, 0.2) is 24.3 Å². The van der Waals surface area contributed by atoms with E-state index < -0.39 is 23.4 Å². The van der Waals surface area contributed by atoms with Gasteiger partial charge in [0.15, 0.2) is 0 Å². The molecular formula is C24H31F5. The molecule has 1 aromatic rings. The molecule has 0 aromatic heterocycles. The molecule has 0 atom stereocenters. The molecule has 0 N–H and O–H groups in total. The monoisotopic (exact) mass is 414 g/mol. The minimum atomic E-state index is -5.00. The van der Waals surface area contributed by atoms with Crippen LogP contribution in [-0.4, -0.2) is 0 Å². The molecule has 2 aliphatic rings. The normalized spacial score (nSPS) is 28.8. The van der Waals surface area contributed by atoms with Crippen LogP contribution in [0.5, 0.6) is 0 Å². The zero-order valence-corrected chi connectivity index (χ0v) is 17.1. The zero-order valence-electron chi connectivity index (χ0n) is 17.1. The van der Waals surface area contributed by atoms with Gasteiger partial charge in [-0.05, 0) is 99.7 Å². The lowest BCUT2D eigenvalue weighted by atomic mass is 9.74. The number of halogens is 5. The Balaban J connectivity index is 1.47. The largest absolute Gasteiger partial charge is 0.422 e. The molecule has 3 rings (SSSR count). The second-order valence-corrected chi connectivity index (χ2v) is 8.96. The van der Waals surface area contributed by atoms with Crippen LogP contribution in [0.4, 0.5) is 22.0 Å². The highest BCUT2D eigenvalue weighted by Crippen LogP contribution is 2.42. The Morgan fingerprint density at radius 1 is 0.828 bits per heavy atom. The molecular weight excluding hydrogens is 383 g/mol. The topological polar surface area (TPSA) is 0 Å². The van der Waals surface area contributed by atoms with Crippen LogP contribution in [0.1, 0.15) is 88.2 Å². The van der Waals surface area contributed by atoms with E-state index in [2.05, 4.69) is 19.1 Å². The van der Waals surface area contributed by atoms with Crippen molar-refractivity contribution in [3.8, 4) is 0 Å². The van der Waals surface area contributed by atoms with Gasteiger partial charge in [0.05, 0.1) is 0 Å². The van der Waals surface area contributed by atoms with E-state index in [0.717, 1.165) is 49.7 Å². The molecule has 0 amide bonds. The summed E-state index contributed by atoms with van der Waals surface area (Å²) in [4.78, 5) is 0. The summed E-state index contributed by atoms with van der Waals surface area (Å²) in [6.45, 7) is 2.08. The average Bonchev–Trinajstić information content (AvgIpc) is 2.66. The van der Waals surface area contributed by atoms with Crippen LogP contribution in [0.25, 0.3) is 0 Å². The molecule has 0 unspecified atom stereocenters. The number of allylic oxidation sites excluding steroid dienone is 2. The Bertz CT molecular complexity index is 667. The smallest absolute Gasteiger partial charge is 0.206 e. The summed E-state index contributed by atoms with van der Waals surface area (Å²) >= 11 is 0. The lowest BCUT2D eigenvalue weighted by Crippen LogP contribution is -2.18. The number of alkyl halides is 3. The van der Waals surface area contributed by atoms with Gasteiger partial charge >= 0.3 is 6.18 Å². The van der Waals surface area contributed by atoms with Gasteiger partial charge in [-0.1, -0.05) is 25.0 Å². The maximum atomic E-state index is 13.9. The van der Waals surface area contributed by atoms with E-state index >= 15 is 0 Å². The van der Waals surface area contributed by atoms with Gasteiger partial charge in [0.25, 0.3) is 0 Å². The Hall–Kier alpha value is -1.39. The first kappa shape index (κ1) is 22.3. The van der Waals surface area contributed by atoms with Gasteiger partial charge in [0.2, 0.25) is 0 Å². The van der Waals surface area contributed by atoms with Crippen LogP contribution < -0.4 is 0 Å². The van der Waals surface area contributed by atoms with Gasteiger partial charge < -0.3 is 0 Å². The van der Waals surface area contributed by atoms with E-state index in [-0.39, 0.29) is 5.92 Å². The summed E-state index contributed by atoms with van der Waals surface area (Å²) in [5.41, 5.74) is -1.41. The molecule has 0 spiro atoms. The van der Waals surface area contributed by atoms with Gasteiger partial charge in [-0.25, -0.2) is 8.78 Å². The van der Waals surface area contributed by atoms with E-state index in [1.54, 1.807) is 0 Å². The summed E-state index contributed by atoms with van der Waals surface area (Å²) in [5, 5.41) is 0.